The number of rotatable bonds is 8. The van der Waals surface area contributed by atoms with Crippen molar-refractivity contribution in [2.24, 2.45) is 0 Å². The van der Waals surface area contributed by atoms with Crippen molar-refractivity contribution in [2.45, 2.75) is 26.7 Å². The minimum absolute atomic E-state index is 1.11. The molecule has 5 nitrogen and oxygen atoms in total. The molecule has 4 aromatic rings. The Labute approximate surface area is 219 Å². The van der Waals surface area contributed by atoms with E-state index in [2.05, 4.69) is 116 Å². The summed E-state index contributed by atoms with van der Waals surface area (Å²) in [5.41, 5.74) is 6.37. The van der Waals surface area contributed by atoms with Crippen LogP contribution in [0.4, 0.5) is 5.69 Å². The fraction of sp³-hybridized carbons (Fsp3) is 0.207. The molecule has 0 aliphatic rings. The third kappa shape index (κ3) is 8.68. The van der Waals surface area contributed by atoms with Crippen LogP contribution in [-0.2, 0) is 0 Å². The minimum atomic E-state index is -4.94. The molecule has 1 aromatic heterocycles. The maximum atomic E-state index is 8.49. The molecule has 188 valence electrons. The smallest absolute Gasteiger partial charge is 0.239 e. The largest absolute Gasteiger partial charge is 0.372 e. The van der Waals surface area contributed by atoms with E-state index in [4.69, 9.17) is 18.6 Å². The maximum Gasteiger partial charge on any atom is 0.239 e. The Morgan fingerprint density at radius 1 is 0.583 bits per heavy atom. The summed E-state index contributed by atoms with van der Waals surface area (Å²) in [5.74, 6) is 0. The molecule has 0 atom stereocenters. The van der Waals surface area contributed by atoms with E-state index in [1.807, 2.05) is 11.3 Å². The first-order valence-corrected chi connectivity index (χ1v) is 13.9. The van der Waals surface area contributed by atoms with Crippen molar-refractivity contribution >= 4 is 17.0 Å². The third-order valence-corrected chi connectivity index (χ3v) is 6.61. The van der Waals surface area contributed by atoms with Crippen LogP contribution in [0.1, 0.15) is 26.7 Å². The zero-order valence-corrected chi connectivity index (χ0v) is 22.0. The molecule has 0 saturated carbocycles. The quantitative estimate of drug-likeness (QED) is 0.326. The maximum absolute atomic E-state index is 8.49. The number of benzene rings is 3. The van der Waals surface area contributed by atoms with E-state index in [0.717, 1.165) is 13.1 Å². The number of hydrogen-bond donors (Lipinski definition) is 0. The van der Waals surface area contributed by atoms with Crippen LogP contribution in [0, 0.1) is 10.2 Å². The van der Waals surface area contributed by atoms with Gasteiger partial charge in [0, 0.05) is 42.0 Å². The van der Waals surface area contributed by atoms with E-state index >= 15 is 0 Å². The predicted molar refractivity (Wildman–Crippen MR) is 138 cm³/mol. The molecular weight excluding hydrogens is 494 g/mol. The molecule has 0 amide bonds. The highest BCUT2D eigenvalue weighted by Gasteiger charge is 2.19. The van der Waals surface area contributed by atoms with Gasteiger partial charge in [0.05, 0.1) is 0 Å². The topological polar surface area (TPSA) is 95.5 Å². The molecule has 36 heavy (non-hydrogen) atoms. The fourth-order valence-corrected chi connectivity index (χ4v) is 5.05. The van der Waals surface area contributed by atoms with E-state index < -0.39 is 10.2 Å². The molecule has 0 unspecified atom stereocenters. The van der Waals surface area contributed by atoms with Gasteiger partial charge in [-0.3, -0.25) is 0 Å². The molecule has 7 heteroatoms. The van der Waals surface area contributed by atoms with Gasteiger partial charge >= 0.3 is 0 Å². The molecular formula is C29H30ClNO4S. The molecule has 4 rings (SSSR count). The summed E-state index contributed by atoms with van der Waals surface area (Å²) >= 11 is 1.85. The first-order valence-electron chi connectivity index (χ1n) is 11.8. The lowest BCUT2D eigenvalue weighted by atomic mass is 10.0. The van der Waals surface area contributed by atoms with Crippen molar-refractivity contribution in [3.63, 3.8) is 0 Å². The van der Waals surface area contributed by atoms with Gasteiger partial charge in [0.15, 0.2) is 0 Å². The van der Waals surface area contributed by atoms with Crippen molar-refractivity contribution in [1.29, 1.82) is 0 Å². The summed E-state index contributed by atoms with van der Waals surface area (Å²) in [4.78, 5) is 5.07. The highest BCUT2D eigenvalue weighted by atomic mass is 35.7. The predicted octanol–water partition coefficient (Wildman–Crippen LogP) is 3.90. The SMILES string of the molecule is CCCN(CCC)c1ccc(-c2cc(-c3ccccc3)[s+]c(-c3ccccc3)c2)cc1.[O-][Cl+3]([O-])([O-])[O-]. The Hall–Kier alpha value is -2.84. The molecule has 1 heterocycles. The lowest BCUT2D eigenvalue weighted by Gasteiger charge is -2.24. The molecule has 0 aliphatic carbocycles. The van der Waals surface area contributed by atoms with Crippen LogP contribution >= 0.6 is 11.3 Å². The molecule has 3 aromatic carbocycles. The summed E-state index contributed by atoms with van der Waals surface area (Å²) in [5, 5.41) is 0. The molecule has 0 radical (unpaired) electrons. The molecule has 0 spiro atoms. The Bertz CT molecular complexity index is 1130. The lowest BCUT2D eigenvalue weighted by molar-refractivity contribution is -2.00. The van der Waals surface area contributed by atoms with Gasteiger partial charge in [0.1, 0.15) is 0 Å². The van der Waals surface area contributed by atoms with Crippen molar-refractivity contribution in [2.75, 3.05) is 18.0 Å². The summed E-state index contributed by atoms with van der Waals surface area (Å²) < 4.78 is 34.0. The van der Waals surface area contributed by atoms with Crippen LogP contribution in [0.2, 0.25) is 0 Å². The van der Waals surface area contributed by atoms with Crippen LogP contribution in [0.15, 0.2) is 97.1 Å². The van der Waals surface area contributed by atoms with Crippen LogP contribution in [0.25, 0.3) is 32.0 Å². The zero-order valence-electron chi connectivity index (χ0n) is 20.4. The van der Waals surface area contributed by atoms with Gasteiger partial charge in [0.25, 0.3) is 0 Å². The highest BCUT2D eigenvalue weighted by molar-refractivity contribution is 7.18. The Morgan fingerprint density at radius 2 is 1.00 bits per heavy atom. The first kappa shape index (κ1) is 27.7. The number of halogens is 1. The molecule has 0 N–H and O–H groups in total. The number of nitrogens with zero attached hydrogens (tertiary/aromatic N) is 1. The first-order chi connectivity index (χ1) is 17.3. The fourth-order valence-electron chi connectivity index (χ4n) is 3.93. The molecule has 0 aliphatic heterocycles. The summed E-state index contributed by atoms with van der Waals surface area (Å²) in [6.45, 7) is 6.71. The number of anilines is 1. The highest BCUT2D eigenvalue weighted by Crippen LogP contribution is 2.37. The van der Waals surface area contributed by atoms with E-state index in [1.165, 1.54) is 50.5 Å². The Morgan fingerprint density at radius 3 is 1.39 bits per heavy atom. The normalized spacial score (nSPS) is 10.9. The van der Waals surface area contributed by atoms with Crippen LogP contribution in [0.3, 0.4) is 0 Å². The van der Waals surface area contributed by atoms with Gasteiger partial charge in [-0.25, -0.2) is 18.6 Å². The van der Waals surface area contributed by atoms with E-state index in [1.54, 1.807) is 0 Å². The molecule has 0 fully saturated rings. The average Bonchev–Trinajstić information content (AvgIpc) is 2.88. The summed E-state index contributed by atoms with van der Waals surface area (Å²) in [7, 11) is -4.94. The van der Waals surface area contributed by atoms with Crippen molar-refractivity contribution < 1.29 is 28.9 Å². The van der Waals surface area contributed by atoms with Crippen molar-refractivity contribution in [1.82, 2.24) is 0 Å². The zero-order chi connectivity index (χ0) is 26.0. The van der Waals surface area contributed by atoms with Gasteiger partial charge in [-0.2, -0.15) is 0 Å². The lowest BCUT2D eigenvalue weighted by Crippen LogP contribution is -2.68. The van der Waals surface area contributed by atoms with Gasteiger partial charge in [-0.15, -0.1) is 10.2 Å². The monoisotopic (exact) mass is 523 g/mol. The van der Waals surface area contributed by atoms with E-state index in [9.17, 15) is 0 Å². The van der Waals surface area contributed by atoms with E-state index in [-0.39, 0.29) is 0 Å². The second-order valence-corrected chi connectivity index (χ2v) is 10.1. The second-order valence-electron chi connectivity index (χ2n) is 8.22. The molecule has 0 bridgehead atoms. The Balaban J connectivity index is 0.000000658. The number of hydrogen-bond acceptors (Lipinski definition) is 5. The summed E-state index contributed by atoms with van der Waals surface area (Å²) in [6, 6.07) is 35.2. The Kier molecular flexibility index (Phi) is 10.4. The van der Waals surface area contributed by atoms with Crippen LogP contribution < -0.4 is 23.5 Å². The van der Waals surface area contributed by atoms with Crippen molar-refractivity contribution in [3.8, 4) is 32.0 Å². The van der Waals surface area contributed by atoms with Crippen molar-refractivity contribution in [3.05, 3.63) is 97.1 Å². The third-order valence-electron chi connectivity index (χ3n) is 5.46. The summed E-state index contributed by atoms with van der Waals surface area (Å²) in [6.07, 6.45) is 2.34. The molecule has 0 saturated heterocycles. The second kappa shape index (κ2) is 13.5. The van der Waals surface area contributed by atoms with Crippen LogP contribution in [-0.4, -0.2) is 13.1 Å². The van der Waals surface area contributed by atoms with Gasteiger partial charge in [0.2, 0.25) is 21.1 Å². The van der Waals surface area contributed by atoms with Gasteiger partial charge in [-0.1, -0.05) is 62.4 Å². The minimum Gasteiger partial charge on any atom is -0.372 e. The van der Waals surface area contributed by atoms with E-state index in [0.29, 0.717) is 0 Å². The van der Waals surface area contributed by atoms with Gasteiger partial charge in [-0.05, 0) is 60.4 Å². The van der Waals surface area contributed by atoms with Gasteiger partial charge < -0.3 is 4.90 Å². The van der Waals surface area contributed by atoms with Crippen LogP contribution in [0.5, 0.6) is 0 Å². The average molecular weight is 524 g/mol. The standard InChI is InChI=1S/C29H30NS.ClHO4/c1-3-19-30(20-4-2)27-17-15-23(16-18-27)26-21-28(24-11-7-5-8-12-24)31-29(22-26)25-13-9-6-10-14-25;2-1(3,4)5/h5-18,21-22H,3-4,19-20H2,1-2H3;(H,2,3,4,5)/q+1;/p-1.